The van der Waals surface area contributed by atoms with Crippen molar-refractivity contribution in [2.24, 2.45) is 5.73 Å². The molecule has 1 aromatic carbocycles. The van der Waals surface area contributed by atoms with Gasteiger partial charge in [0, 0.05) is 26.2 Å². The zero-order chi connectivity index (χ0) is 14.3. The number of hydrogen-bond donors (Lipinski definition) is 1. The molecule has 0 saturated carbocycles. The van der Waals surface area contributed by atoms with Crippen LogP contribution in [0.3, 0.4) is 0 Å². The zero-order valence-corrected chi connectivity index (χ0v) is 13.0. The number of benzene rings is 1. The lowest BCUT2D eigenvalue weighted by molar-refractivity contribution is 0.149. The summed E-state index contributed by atoms with van der Waals surface area (Å²) in [7, 11) is 1.71. The number of likely N-dealkylation sites (N-methyl/N-ethyl adjacent to an activating group) is 1. The van der Waals surface area contributed by atoms with Crippen LogP contribution in [-0.4, -0.2) is 38.3 Å². The van der Waals surface area contributed by atoms with E-state index < -0.39 is 0 Å². The summed E-state index contributed by atoms with van der Waals surface area (Å²) in [5.41, 5.74) is 7.11. The van der Waals surface area contributed by atoms with Crippen molar-refractivity contribution in [3.63, 3.8) is 0 Å². The molecule has 5 heteroatoms. The van der Waals surface area contributed by atoms with Crippen LogP contribution >= 0.6 is 23.2 Å². The Hall–Kier alpha value is -0.320. The van der Waals surface area contributed by atoms with Crippen molar-refractivity contribution in [1.82, 2.24) is 4.90 Å². The Kier molecular flexibility index (Phi) is 7.73. The Labute approximate surface area is 125 Å². The lowest BCUT2D eigenvalue weighted by Crippen LogP contribution is -2.30. The minimum absolute atomic E-state index is 0.0946. The Morgan fingerprint density at radius 1 is 1.32 bits per heavy atom. The maximum absolute atomic E-state index is 6.20. The first-order chi connectivity index (χ1) is 9.10. The molecular weight excluding hydrogens is 283 g/mol. The van der Waals surface area contributed by atoms with Gasteiger partial charge in [0.1, 0.15) is 0 Å². The van der Waals surface area contributed by atoms with Gasteiger partial charge in [-0.2, -0.15) is 0 Å². The first kappa shape index (κ1) is 16.7. The molecule has 0 aliphatic heterocycles. The SMILES string of the molecule is CCN(CCOC)CCC(N)c1cccc(Cl)c1Cl. The summed E-state index contributed by atoms with van der Waals surface area (Å²) in [5.74, 6) is 0. The minimum Gasteiger partial charge on any atom is -0.383 e. The van der Waals surface area contributed by atoms with Crippen LogP contribution in [0.2, 0.25) is 10.0 Å². The van der Waals surface area contributed by atoms with Crippen molar-refractivity contribution in [3.05, 3.63) is 33.8 Å². The highest BCUT2D eigenvalue weighted by molar-refractivity contribution is 6.42. The highest BCUT2D eigenvalue weighted by atomic mass is 35.5. The molecule has 0 spiro atoms. The maximum atomic E-state index is 6.20. The topological polar surface area (TPSA) is 38.5 Å². The lowest BCUT2D eigenvalue weighted by atomic mass is 10.0. The number of halogens is 2. The first-order valence-electron chi connectivity index (χ1n) is 6.50. The van der Waals surface area contributed by atoms with Crippen LogP contribution in [0.1, 0.15) is 24.9 Å². The Balaban J connectivity index is 2.54. The Morgan fingerprint density at radius 3 is 2.68 bits per heavy atom. The van der Waals surface area contributed by atoms with Crippen LogP contribution in [0.5, 0.6) is 0 Å². The second kappa shape index (κ2) is 8.77. The predicted octanol–water partition coefficient (Wildman–Crippen LogP) is 3.35. The van der Waals surface area contributed by atoms with Gasteiger partial charge < -0.3 is 15.4 Å². The van der Waals surface area contributed by atoms with E-state index in [9.17, 15) is 0 Å². The van der Waals surface area contributed by atoms with E-state index >= 15 is 0 Å². The minimum atomic E-state index is -0.0946. The number of nitrogens with two attached hydrogens (primary N) is 1. The van der Waals surface area contributed by atoms with Gasteiger partial charge in [0.05, 0.1) is 16.7 Å². The van der Waals surface area contributed by atoms with Gasteiger partial charge in [-0.1, -0.05) is 42.3 Å². The molecular formula is C14H22Cl2N2O. The predicted molar refractivity (Wildman–Crippen MR) is 82.0 cm³/mol. The molecule has 0 saturated heterocycles. The van der Waals surface area contributed by atoms with Crippen LogP contribution in [0.15, 0.2) is 18.2 Å². The van der Waals surface area contributed by atoms with E-state index in [0.717, 1.165) is 38.2 Å². The molecule has 1 atom stereocenters. The van der Waals surface area contributed by atoms with Gasteiger partial charge in [0.15, 0.2) is 0 Å². The molecule has 0 aliphatic carbocycles. The fourth-order valence-corrected chi connectivity index (χ4v) is 2.38. The number of rotatable bonds is 8. The molecule has 0 amide bonds. The third-order valence-electron chi connectivity index (χ3n) is 3.20. The smallest absolute Gasteiger partial charge is 0.0640 e. The summed E-state index contributed by atoms with van der Waals surface area (Å²) >= 11 is 12.2. The van der Waals surface area contributed by atoms with Crippen molar-refractivity contribution in [2.45, 2.75) is 19.4 Å². The Morgan fingerprint density at radius 2 is 2.05 bits per heavy atom. The van der Waals surface area contributed by atoms with Gasteiger partial charge >= 0.3 is 0 Å². The molecule has 1 unspecified atom stereocenters. The van der Waals surface area contributed by atoms with Crippen LogP contribution in [-0.2, 0) is 4.74 Å². The monoisotopic (exact) mass is 304 g/mol. The third-order valence-corrected chi connectivity index (χ3v) is 4.03. The summed E-state index contributed by atoms with van der Waals surface area (Å²) in [6, 6.07) is 5.50. The normalized spacial score (nSPS) is 12.9. The summed E-state index contributed by atoms with van der Waals surface area (Å²) in [6.07, 6.45) is 0.845. The average Bonchev–Trinajstić information content (AvgIpc) is 2.42. The number of hydrogen-bond acceptors (Lipinski definition) is 3. The van der Waals surface area contributed by atoms with Crippen LogP contribution in [0.25, 0.3) is 0 Å². The Bertz CT molecular complexity index is 388. The van der Waals surface area contributed by atoms with Crippen molar-refractivity contribution < 1.29 is 4.74 Å². The van der Waals surface area contributed by atoms with Crippen molar-refractivity contribution >= 4 is 23.2 Å². The number of nitrogens with zero attached hydrogens (tertiary/aromatic N) is 1. The zero-order valence-electron chi connectivity index (χ0n) is 11.5. The molecule has 3 nitrogen and oxygen atoms in total. The van der Waals surface area contributed by atoms with E-state index in [-0.39, 0.29) is 6.04 Å². The molecule has 19 heavy (non-hydrogen) atoms. The van der Waals surface area contributed by atoms with Gasteiger partial charge in [-0.25, -0.2) is 0 Å². The van der Waals surface area contributed by atoms with Gasteiger partial charge in [-0.15, -0.1) is 0 Å². The quantitative estimate of drug-likeness (QED) is 0.800. The lowest BCUT2D eigenvalue weighted by Gasteiger charge is -2.22. The molecule has 0 heterocycles. The molecule has 1 aromatic rings. The first-order valence-corrected chi connectivity index (χ1v) is 7.26. The third kappa shape index (κ3) is 5.28. The fourth-order valence-electron chi connectivity index (χ4n) is 1.93. The van der Waals surface area contributed by atoms with Crippen molar-refractivity contribution in [3.8, 4) is 0 Å². The maximum Gasteiger partial charge on any atom is 0.0640 e. The highest BCUT2D eigenvalue weighted by Crippen LogP contribution is 2.30. The van der Waals surface area contributed by atoms with E-state index in [4.69, 9.17) is 33.7 Å². The van der Waals surface area contributed by atoms with Crippen LogP contribution < -0.4 is 5.73 Å². The van der Waals surface area contributed by atoms with Crippen LogP contribution in [0, 0.1) is 0 Å². The largest absolute Gasteiger partial charge is 0.383 e. The number of ether oxygens (including phenoxy) is 1. The standard InChI is InChI=1S/C14H22Cl2N2O/c1-3-18(9-10-19-2)8-7-13(17)11-5-4-6-12(15)14(11)16/h4-6,13H,3,7-10,17H2,1-2H3. The fraction of sp³-hybridized carbons (Fsp3) is 0.571. The molecule has 0 bridgehead atoms. The second-order valence-electron chi connectivity index (χ2n) is 4.47. The number of methoxy groups -OCH3 is 1. The van der Waals surface area contributed by atoms with E-state index in [2.05, 4.69) is 11.8 Å². The van der Waals surface area contributed by atoms with Crippen molar-refractivity contribution in [2.75, 3.05) is 33.4 Å². The van der Waals surface area contributed by atoms with E-state index in [1.807, 2.05) is 12.1 Å². The van der Waals surface area contributed by atoms with Gasteiger partial charge in [0.2, 0.25) is 0 Å². The van der Waals surface area contributed by atoms with E-state index in [1.165, 1.54) is 0 Å². The molecule has 0 radical (unpaired) electrons. The summed E-state index contributed by atoms with van der Waals surface area (Å²) < 4.78 is 5.09. The molecule has 0 aliphatic rings. The molecule has 108 valence electrons. The molecule has 0 fully saturated rings. The summed E-state index contributed by atoms with van der Waals surface area (Å²) in [4.78, 5) is 2.31. The van der Waals surface area contributed by atoms with Crippen LogP contribution in [0.4, 0.5) is 0 Å². The summed E-state index contributed by atoms with van der Waals surface area (Å²) in [5, 5.41) is 1.12. The average molecular weight is 305 g/mol. The summed E-state index contributed by atoms with van der Waals surface area (Å²) in [6.45, 7) is 5.70. The molecule has 0 aromatic heterocycles. The van der Waals surface area contributed by atoms with E-state index in [0.29, 0.717) is 10.0 Å². The van der Waals surface area contributed by atoms with Gasteiger partial charge in [0.25, 0.3) is 0 Å². The van der Waals surface area contributed by atoms with Gasteiger partial charge in [-0.3, -0.25) is 0 Å². The van der Waals surface area contributed by atoms with E-state index in [1.54, 1.807) is 13.2 Å². The van der Waals surface area contributed by atoms with Crippen molar-refractivity contribution in [1.29, 1.82) is 0 Å². The molecule has 1 rings (SSSR count). The highest BCUT2D eigenvalue weighted by Gasteiger charge is 2.13. The second-order valence-corrected chi connectivity index (χ2v) is 5.25. The van der Waals surface area contributed by atoms with Gasteiger partial charge in [-0.05, 0) is 24.6 Å². The molecule has 2 N–H and O–H groups in total.